The van der Waals surface area contributed by atoms with Crippen LogP contribution in [0.2, 0.25) is 0 Å². The molecule has 3 heteroatoms. The van der Waals surface area contributed by atoms with Crippen molar-refractivity contribution in [2.45, 2.75) is 39.4 Å². The fourth-order valence-electron chi connectivity index (χ4n) is 1.19. The van der Waals surface area contributed by atoms with Gasteiger partial charge in [-0.25, -0.2) is 0 Å². The van der Waals surface area contributed by atoms with Gasteiger partial charge in [-0.05, 0) is 44.5 Å². The first-order chi connectivity index (χ1) is 7.65. The summed E-state index contributed by atoms with van der Waals surface area (Å²) >= 11 is 0. The van der Waals surface area contributed by atoms with Gasteiger partial charge >= 0.3 is 0 Å². The van der Waals surface area contributed by atoms with Gasteiger partial charge in [-0.15, -0.1) is 0 Å². The Morgan fingerprint density at radius 1 is 1.00 bits per heavy atom. The molecule has 0 amide bonds. The molecule has 0 aliphatic carbocycles. The minimum atomic E-state index is 0.0429. The van der Waals surface area contributed by atoms with E-state index in [0.717, 1.165) is 17.9 Å². The zero-order valence-electron chi connectivity index (χ0n) is 10.3. The Balaban J connectivity index is 2.54. The van der Waals surface area contributed by atoms with Crippen LogP contribution in [-0.2, 0) is 0 Å². The van der Waals surface area contributed by atoms with Crippen LogP contribution in [0.5, 0.6) is 11.5 Å². The van der Waals surface area contributed by atoms with E-state index in [1.54, 1.807) is 0 Å². The van der Waals surface area contributed by atoms with Crippen LogP contribution < -0.4 is 15.2 Å². The summed E-state index contributed by atoms with van der Waals surface area (Å²) < 4.78 is 11.2. The van der Waals surface area contributed by atoms with Crippen LogP contribution in [-0.4, -0.2) is 18.8 Å². The monoisotopic (exact) mass is 223 g/mol. The minimum absolute atomic E-state index is 0.0429. The van der Waals surface area contributed by atoms with Crippen LogP contribution in [0.1, 0.15) is 27.2 Å². The third kappa shape index (κ3) is 4.11. The van der Waals surface area contributed by atoms with E-state index >= 15 is 0 Å². The molecule has 0 aliphatic heterocycles. The molecule has 0 aromatic heterocycles. The highest BCUT2D eigenvalue weighted by Gasteiger charge is 2.03. The predicted molar refractivity (Wildman–Crippen MR) is 66.0 cm³/mol. The highest BCUT2D eigenvalue weighted by molar-refractivity contribution is 5.31. The Morgan fingerprint density at radius 3 is 1.81 bits per heavy atom. The van der Waals surface area contributed by atoms with Crippen molar-refractivity contribution in [3.63, 3.8) is 0 Å². The molecule has 2 N–H and O–H groups in total. The summed E-state index contributed by atoms with van der Waals surface area (Å²) in [5.41, 5.74) is 5.48. The Hall–Kier alpha value is -1.22. The summed E-state index contributed by atoms with van der Waals surface area (Å²) in [6.07, 6.45) is 1.29. The highest BCUT2D eigenvalue weighted by atomic mass is 16.5. The molecule has 0 bridgehead atoms. The van der Waals surface area contributed by atoms with E-state index in [1.807, 2.05) is 31.2 Å². The highest BCUT2D eigenvalue weighted by Crippen LogP contribution is 2.19. The lowest BCUT2D eigenvalue weighted by atomic mass is 10.3. The first-order valence-electron chi connectivity index (χ1n) is 5.79. The Bertz CT molecular complexity index is 266. The molecule has 0 aliphatic rings. The number of ether oxygens (including phenoxy) is 2. The number of rotatable bonds is 6. The maximum atomic E-state index is 5.67. The summed E-state index contributed by atoms with van der Waals surface area (Å²) in [6, 6.07) is 7.66. The molecule has 0 spiro atoms. The second kappa shape index (κ2) is 6.38. The Kier molecular flexibility index (Phi) is 5.12. The summed E-state index contributed by atoms with van der Waals surface area (Å²) in [5.74, 6) is 1.71. The standard InChI is InChI=1S/C13H21NO2/c1-4-10(2)15-12-5-7-13(8-6-12)16-11(3)9-14/h5-8,10-11H,4,9,14H2,1-3H3. The quantitative estimate of drug-likeness (QED) is 0.806. The lowest BCUT2D eigenvalue weighted by molar-refractivity contribution is 0.214. The van der Waals surface area contributed by atoms with Crippen LogP contribution in [0.25, 0.3) is 0 Å². The number of hydrogen-bond donors (Lipinski definition) is 1. The van der Waals surface area contributed by atoms with Gasteiger partial charge in [0.1, 0.15) is 17.6 Å². The molecule has 0 saturated heterocycles. The summed E-state index contributed by atoms with van der Waals surface area (Å²) in [6.45, 7) is 6.63. The number of nitrogens with two attached hydrogens (primary N) is 1. The van der Waals surface area contributed by atoms with Crippen LogP contribution in [0.15, 0.2) is 24.3 Å². The Morgan fingerprint density at radius 2 is 1.44 bits per heavy atom. The normalized spacial score (nSPS) is 14.2. The van der Waals surface area contributed by atoms with E-state index in [0.29, 0.717) is 6.54 Å². The lowest BCUT2D eigenvalue weighted by Gasteiger charge is -2.15. The maximum Gasteiger partial charge on any atom is 0.120 e. The fraction of sp³-hybridized carbons (Fsp3) is 0.538. The van der Waals surface area contributed by atoms with Gasteiger partial charge in [0, 0.05) is 6.54 Å². The van der Waals surface area contributed by atoms with E-state index in [1.165, 1.54) is 0 Å². The molecular weight excluding hydrogens is 202 g/mol. The molecule has 0 fully saturated rings. The SMILES string of the molecule is CCC(C)Oc1ccc(OC(C)CN)cc1. The average Bonchev–Trinajstić information content (AvgIpc) is 2.31. The topological polar surface area (TPSA) is 44.5 Å². The molecule has 1 rings (SSSR count). The minimum Gasteiger partial charge on any atom is -0.491 e. The molecular formula is C13H21NO2. The van der Waals surface area contributed by atoms with Crippen LogP contribution in [0.4, 0.5) is 0 Å². The van der Waals surface area contributed by atoms with Gasteiger partial charge in [-0.2, -0.15) is 0 Å². The second-order valence-corrected chi connectivity index (χ2v) is 3.97. The van der Waals surface area contributed by atoms with Crippen LogP contribution in [0.3, 0.4) is 0 Å². The van der Waals surface area contributed by atoms with Crippen molar-refractivity contribution in [3.05, 3.63) is 24.3 Å². The van der Waals surface area contributed by atoms with E-state index < -0.39 is 0 Å². The van der Waals surface area contributed by atoms with Gasteiger partial charge in [-0.1, -0.05) is 6.92 Å². The second-order valence-electron chi connectivity index (χ2n) is 3.97. The fourth-order valence-corrected chi connectivity index (χ4v) is 1.19. The molecule has 1 aromatic carbocycles. The van der Waals surface area contributed by atoms with Crippen LogP contribution >= 0.6 is 0 Å². The zero-order valence-corrected chi connectivity index (χ0v) is 10.3. The molecule has 2 atom stereocenters. The first-order valence-corrected chi connectivity index (χ1v) is 5.79. The van der Waals surface area contributed by atoms with Gasteiger partial charge in [0.05, 0.1) is 6.10 Å². The predicted octanol–water partition coefficient (Wildman–Crippen LogP) is 2.59. The zero-order chi connectivity index (χ0) is 12.0. The van der Waals surface area contributed by atoms with Crippen molar-refractivity contribution >= 4 is 0 Å². The maximum absolute atomic E-state index is 5.67. The molecule has 2 unspecified atom stereocenters. The average molecular weight is 223 g/mol. The summed E-state index contributed by atoms with van der Waals surface area (Å²) in [5, 5.41) is 0. The molecule has 90 valence electrons. The van der Waals surface area contributed by atoms with Crippen molar-refractivity contribution in [2.24, 2.45) is 5.73 Å². The van der Waals surface area contributed by atoms with E-state index in [9.17, 15) is 0 Å². The molecule has 0 radical (unpaired) electrons. The third-order valence-electron chi connectivity index (χ3n) is 2.41. The number of hydrogen-bond acceptors (Lipinski definition) is 3. The van der Waals surface area contributed by atoms with Gasteiger partial charge in [0.15, 0.2) is 0 Å². The van der Waals surface area contributed by atoms with Crippen molar-refractivity contribution in [3.8, 4) is 11.5 Å². The van der Waals surface area contributed by atoms with E-state index in [-0.39, 0.29) is 12.2 Å². The first kappa shape index (κ1) is 12.8. The smallest absolute Gasteiger partial charge is 0.120 e. The summed E-state index contributed by atoms with van der Waals surface area (Å²) in [4.78, 5) is 0. The molecule has 0 saturated carbocycles. The number of benzene rings is 1. The van der Waals surface area contributed by atoms with Gasteiger partial charge in [0.2, 0.25) is 0 Å². The van der Waals surface area contributed by atoms with Crippen molar-refractivity contribution < 1.29 is 9.47 Å². The van der Waals surface area contributed by atoms with Crippen molar-refractivity contribution in [2.75, 3.05) is 6.54 Å². The molecule has 0 heterocycles. The van der Waals surface area contributed by atoms with E-state index in [2.05, 4.69) is 13.8 Å². The van der Waals surface area contributed by atoms with Gasteiger partial charge < -0.3 is 15.2 Å². The van der Waals surface area contributed by atoms with Crippen molar-refractivity contribution in [1.29, 1.82) is 0 Å². The Labute approximate surface area is 97.6 Å². The molecule has 3 nitrogen and oxygen atoms in total. The third-order valence-corrected chi connectivity index (χ3v) is 2.41. The van der Waals surface area contributed by atoms with Crippen LogP contribution in [0, 0.1) is 0 Å². The lowest BCUT2D eigenvalue weighted by Crippen LogP contribution is -2.22. The van der Waals surface area contributed by atoms with Gasteiger partial charge in [0.25, 0.3) is 0 Å². The van der Waals surface area contributed by atoms with Gasteiger partial charge in [-0.3, -0.25) is 0 Å². The molecule has 16 heavy (non-hydrogen) atoms. The molecule has 1 aromatic rings. The van der Waals surface area contributed by atoms with Crippen molar-refractivity contribution in [1.82, 2.24) is 0 Å². The largest absolute Gasteiger partial charge is 0.491 e. The van der Waals surface area contributed by atoms with E-state index in [4.69, 9.17) is 15.2 Å². The summed E-state index contributed by atoms with van der Waals surface area (Å²) in [7, 11) is 0.